The highest BCUT2D eigenvalue weighted by Gasteiger charge is 2.36. The largest absolute Gasteiger partial charge is 0.494 e. The van der Waals surface area contributed by atoms with E-state index < -0.39 is 0 Å². The summed E-state index contributed by atoms with van der Waals surface area (Å²) in [5.74, 6) is 1.61. The molecule has 0 aliphatic carbocycles. The van der Waals surface area contributed by atoms with E-state index in [2.05, 4.69) is 6.92 Å². The lowest BCUT2D eigenvalue weighted by atomic mass is 10.00. The average Bonchev–Trinajstić information content (AvgIpc) is 2.97. The van der Waals surface area contributed by atoms with Gasteiger partial charge in [-0.25, -0.2) is 4.99 Å². The third-order valence-electron chi connectivity index (χ3n) is 5.65. The van der Waals surface area contributed by atoms with Crippen molar-refractivity contribution in [2.24, 2.45) is 10.9 Å². The number of hydrogen-bond acceptors (Lipinski definition) is 3. The van der Waals surface area contributed by atoms with E-state index in [4.69, 9.17) is 9.73 Å². The van der Waals surface area contributed by atoms with Crippen molar-refractivity contribution in [3.8, 4) is 5.75 Å². The molecule has 1 fully saturated rings. The van der Waals surface area contributed by atoms with Crippen molar-refractivity contribution in [1.82, 2.24) is 0 Å². The van der Waals surface area contributed by atoms with Crippen molar-refractivity contribution >= 4 is 23.0 Å². The highest BCUT2D eigenvalue weighted by molar-refractivity contribution is 6.54. The molecule has 0 saturated carbocycles. The Morgan fingerprint density at radius 1 is 1.11 bits per heavy atom. The van der Waals surface area contributed by atoms with Crippen LogP contribution in [0.25, 0.3) is 0 Å². The van der Waals surface area contributed by atoms with Crippen LogP contribution >= 0.6 is 0 Å². The molecule has 0 aromatic heterocycles. The number of piperidine rings is 1. The second-order valence-corrected chi connectivity index (χ2v) is 7.73. The number of carbonyl (C=O) groups excluding carboxylic acids is 1. The quantitative estimate of drug-likeness (QED) is 0.870. The molecule has 0 atom stereocenters. The van der Waals surface area contributed by atoms with Crippen LogP contribution in [0.15, 0.2) is 53.5 Å². The van der Waals surface area contributed by atoms with Crippen molar-refractivity contribution < 1.29 is 14.4 Å². The number of rotatable bonds is 5. The number of aliphatic imine (C=N–C) groups is 1. The van der Waals surface area contributed by atoms with Crippen LogP contribution in [0.2, 0.25) is 0 Å². The van der Waals surface area contributed by atoms with Gasteiger partial charge in [0.1, 0.15) is 11.5 Å². The fourth-order valence-electron chi connectivity index (χ4n) is 3.99. The summed E-state index contributed by atoms with van der Waals surface area (Å²) in [7, 11) is 0. The lowest BCUT2D eigenvalue weighted by Gasteiger charge is -2.30. The first-order valence-electron chi connectivity index (χ1n) is 10.2. The third kappa shape index (κ3) is 3.80. The maximum atomic E-state index is 13.2. The predicted octanol–water partition coefficient (Wildman–Crippen LogP) is 2.83. The zero-order valence-electron chi connectivity index (χ0n) is 16.6. The van der Waals surface area contributed by atoms with Gasteiger partial charge in [0.2, 0.25) is 0 Å². The number of amides is 1. The number of carbonyl (C=O) groups is 1. The third-order valence-corrected chi connectivity index (χ3v) is 5.65. The molecule has 2 heterocycles. The molecule has 1 N–H and O–H groups in total. The van der Waals surface area contributed by atoms with Crippen LogP contribution in [0.4, 0.5) is 11.4 Å². The number of ether oxygens (including phenoxy) is 1. The Labute approximate surface area is 166 Å². The van der Waals surface area contributed by atoms with E-state index in [1.54, 1.807) is 0 Å². The lowest BCUT2D eigenvalue weighted by molar-refractivity contribution is -0.904. The minimum absolute atomic E-state index is 0.00112. The van der Waals surface area contributed by atoms with Gasteiger partial charge < -0.3 is 9.64 Å². The summed E-state index contributed by atoms with van der Waals surface area (Å²) in [6, 6.07) is 15.6. The normalized spacial score (nSPS) is 23.1. The van der Waals surface area contributed by atoms with E-state index in [0.29, 0.717) is 19.0 Å². The molecule has 1 amide bonds. The number of para-hydroxylation sites is 1. The lowest BCUT2D eigenvalue weighted by Crippen LogP contribution is -3.14. The van der Waals surface area contributed by atoms with Gasteiger partial charge in [0.05, 0.1) is 31.1 Å². The molecular formula is C23H28N3O2+. The zero-order valence-corrected chi connectivity index (χ0v) is 16.6. The number of nitrogens with zero attached hydrogens (tertiary/aromatic N) is 2. The first-order valence-corrected chi connectivity index (χ1v) is 10.2. The summed E-state index contributed by atoms with van der Waals surface area (Å²) in [6.45, 7) is 7.87. The number of hydrogen-bond donors (Lipinski definition) is 1. The summed E-state index contributed by atoms with van der Waals surface area (Å²) >= 11 is 0. The maximum absolute atomic E-state index is 13.2. The van der Waals surface area contributed by atoms with Gasteiger partial charge in [-0.1, -0.05) is 25.1 Å². The number of benzene rings is 2. The number of quaternary nitrogens is 1. The van der Waals surface area contributed by atoms with Gasteiger partial charge >= 0.3 is 0 Å². The van der Waals surface area contributed by atoms with Gasteiger partial charge in [-0.15, -0.1) is 0 Å². The van der Waals surface area contributed by atoms with Gasteiger partial charge in [0, 0.05) is 5.56 Å². The summed E-state index contributed by atoms with van der Waals surface area (Å²) < 4.78 is 5.49. The topological polar surface area (TPSA) is 46.3 Å². The first kappa shape index (κ1) is 18.7. The van der Waals surface area contributed by atoms with Crippen molar-refractivity contribution in [3.05, 3.63) is 54.1 Å². The van der Waals surface area contributed by atoms with Crippen molar-refractivity contribution in [1.29, 1.82) is 0 Å². The molecule has 5 heteroatoms. The van der Waals surface area contributed by atoms with Crippen LogP contribution in [-0.4, -0.2) is 38.0 Å². The van der Waals surface area contributed by atoms with Crippen LogP contribution in [0, 0.1) is 5.92 Å². The molecule has 4 rings (SSSR count). The molecule has 2 aromatic rings. The number of nitrogens with one attached hydrogen (secondary N) is 1. The molecular weight excluding hydrogens is 350 g/mol. The molecule has 2 aliphatic heterocycles. The SMILES string of the molecule is CCOc1ccc(N=C2C(=O)N(C[NH+]3CCC(C)CC3)c3ccccc32)cc1. The van der Waals surface area contributed by atoms with Gasteiger partial charge in [-0.3, -0.25) is 9.69 Å². The Kier molecular flexibility index (Phi) is 5.44. The Morgan fingerprint density at radius 3 is 2.54 bits per heavy atom. The maximum Gasteiger partial charge on any atom is 0.281 e. The minimum atomic E-state index is 0.00112. The Morgan fingerprint density at radius 2 is 1.82 bits per heavy atom. The van der Waals surface area contributed by atoms with Crippen LogP contribution in [0.3, 0.4) is 0 Å². The molecule has 28 heavy (non-hydrogen) atoms. The summed E-state index contributed by atoms with van der Waals surface area (Å²) in [5, 5.41) is 0. The Bertz CT molecular complexity index is 868. The van der Waals surface area contributed by atoms with E-state index in [0.717, 1.165) is 41.7 Å². The van der Waals surface area contributed by atoms with Crippen LogP contribution in [0.1, 0.15) is 32.3 Å². The monoisotopic (exact) mass is 378 g/mol. The fourth-order valence-corrected chi connectivity index (χ4v) is 3.99. The number of fused-ring (bicyclic) bond motifs is 1. The van der Waals surface area contributed by atoms with Gasteiger partial charge in [0.15, 0.2) is 6.67 Å². The van der Waals surface area contributed by atoms with Gasteiger partial charge in [0.25, 0.3) is 5.91 Å². The smallest absolute Gasteiger partial charge is 0.281 e. The predicted molar refractivity (Wildman–Crippen MR) is 112 cm³/mol. The molecule has 0 radical (unpaired) electrons. The van der Waals surface area contributed by atoms with Crippen molar-refractivity contribution in [2.45, 2.75) is 26.7 Å². The van der Waals surface area contributed by atoms with Gasteiger partial charge in [-0.05, 0) is 56.0 Å². The minimum Gasteiger partial charge on any atom is -0.494 e. The Balaban J connectivity index is 1.59. The molecule has 1 saturated heterocycles. The average molecular weight is 378 g/mol. The second-order valence-electron chi connectivity index (χ2n) is 7.73. The van der Waals surface area contributed by atoms with Crippen LogP contribution in [-0.2, 0) is 4.79 Å². The fraction of sp³-hybridized carbons (Fsp3) is 0.391. The highest BCUT2D eigenvalue weighted by atomic mass is 16.5. The summed E-state index contributed by atoms with van der Waals surface area (Å²) in [4.78, 5) is 21.3. The first-order chi connectivity index (χ1) is 13.7. The molecule has 2 aliphatic rings. The molecule has 0 bridgehead atoms. The van der Waals surface area contributed by atoms with E-state index in [1.165, 1.54) is 17.7 Å². The zero-order chi connectivity index (χ0) is 19.5. The molecule has 0 unspecified atom stereocenters. The molecule has 5 nitrogen and oxygen atoms in total. The van der Waals surface area contributed by atoms with E-state index in [9.17, 15) is 4.79 Å². The summed E-state index contributed by atoms with van der Waals surface area (Å²) in [6.07, 6.45) is 2.46. The number of likely N-dealkylation sites (tertiary alicyclic amines) is 1. The van der Waals surface area contributed by atoms with Crippen LogP contribution in [0.5, 0.6) is 5.75 Å². The van der Waals surface area contributed by atoms with Crippen molar-refractivity contribution in [3.63, 3.8) is 0 Å². The molecule has 2 aromatic carbocycles. The van der Waals surface area contributed by atoms with E-state index >= 15 is 0 Å². The number of anilines is 1. The Hall–Kier alpha value is -2.66. The van der Waals surface area contributed by atoms with Crippen LogP contribution < -0.4 is 14.5 Å². The van der Waals surface area contributed by atoms with Gasteiger partial charge in [-0.2, -0.15) is 0 Å². The van der Waals surface area contributed by atoms with E-state index in [1.807, 2.05) is 60.4 Å². The standard InChI is InChI=1S/C23H27N3O2/c1-3-28-19-10-8-18(9-11-19)24-22-20-6-4-5-7-21(20)26(23(22)27)16-25-14-12-17(2)13-15-25/h4-11,17H,3,12-16H2,1-2H3/p+1. The second kappa shape index (κ2) is 8.15. The van der Waals surface area contributed by atoms with E-state index in [-0.39, 0.29) is 5.91 Å². The molecule has 0 spiro atoms. The van der Waals surface area contributed by atoms with Crippen molar-refractivity contribution in [2.75, 3.05) is 31.3 Å². The highest BCUT2D eigenvalue weighted by Crippen LogP contribution is 2.30. The molecule has 146 valence electrons. The summed E-state index contributed by atoms with van der Waals surface area (Å²) in [5.41, 5.74) is 3.20.